The quantitative estimate of drug-likeness (QED) is 0.765. The predicted molar refractivity (Wildman–Crippen MR) is 56.3 cm³/mol. The van der Waals surface area contributed by atoms with Gasteiger partial charge in [0.25, 0.3) is 0 Å². The lowest BCUT2D eigenvalue weighted by atomic mass is 10.1. The Morgan fingerprint density at radius 3 is 2.88 bits per heavy atom. The van der Waals surface area contributed by atoms with E-state index < -0.39 is 0 Å². The third-order valence-electron chi connectivity index (χ3n) is 2.19. The van der Waals surface area contributed by atoms with Crippen molar-refractivity contribution in [3.8, 4) is 11.5 Å². The van der Waals surface area contributed by atoms with Crippen molar-refractivity contribution in [1.82, 2.24) is 5.48 Å². The number of hydroxylamine groups is 1. The lowest BCUT2D eigenvalue weighted by molar-refractivity contribution is -0.130. The number of carbonyl (C=O) groups is 1. The van der Waals surface area contributed by atoms with E-state index in [1.165, 1.54) is 7.11 Å². The summed E-state index contributed by atoms with van der Waals surface area (Å²) in [6, 6.07) is 5.45. The fourth-order valence-electron chi connectivity index (χ4n) is 1.53. The van der Waals surface area contributed by atoms with Crippen LogP contribution in [-0.2, 0) is 16.1 Å². The second kappa shape index (κ2) is 4.85. The Bertz CT molecular complexity index is 392. The fourth-order valence-corrected chi connectivity index (χ4v) is 1.53. The van der Waals surface area contributed by atoms with Gasteiger partial charge < -0.3 is 9.47 Å². The van der Waals surface area contributed by atoms with E-state index in [9.17, 15) is 4.79 Å². The molecule has 2 rings (SSSR count). The molecular formula is C11H13NO4. The summed E-state index contributed by atoms with van der Waals surface area (Å²) in [5.41, 5.74) is 3.12. The predicted octanol–water partition coefficient (Wildman–Crippen LogP) is 0.678. The van der Waals surface area contributed by atoms with Crippen LogP contribution in [0.3, 0.4) is 0 Å². The Morgan fingerprint density at radius 1 is 1.38 bits per heavy atom. The molecule has 0 spiro atoms. The molecule has 0 aliphatic carbocycles. The van der Waals surface area contributed by atoms with Crippen molar-refractivity contribution in [3.63, 3.8) is 0 Å². The SMILES string of the molecule is CONC(=O)Cc1ccc2c(c1)OCCO2. The first-order valence-corrected chi connectivity index (χ1v) is 5.00. The minimum absolute atomic E-state index is 0.195. The van der Waals surface area contributed by atoms with Crippen molar-refractivity contribution in [2.24, 2.45) is 0 Å². The van der Waals surface area contributed by atoms with Gasteiger partial charge in [-0.25, -0.2) is 5.48 Å². The Kier molecular flexibility index (Phi) is 3.26. The molecule has 1 amide bonds. The number of carbonyl (C=O) groups excluding carboxylic acids is 1. The van der Waals surface area contributed by atoms with Crippen LogP contribution >= 0.6 is 0 Å². The minimum atomic E-state index is -0.195. The molecule has 0 radical (unpaired) electrons. The molecule has 0 atom stereocenters. The number of hydrogen-bond donors (Lipinski definition) is 1. The Morgan fingerprint density at radius 2 is 2.12 bits per heavy atom. The van der Waals surface area contributed by atoms with Crippen LogP contribution in [0.5, 0.6) is 11.5 Å². The molecule has 0 saturated heterocycles. The zero-order chi connectivity index (χ0) is 11.4. The topological polar surface area (TPSA) is 56.8 Å². The summed E-state index contributed by atoms with van der Waals surface area (Å²) >= 11 is 0. The van der Waals surface area contributed by atoms with Gasteiger partial charge in [-0.1, -0.05) is 6.07 Å². The molecule has 0 fully saturated rings. The van der Waals surface area contributed by atoms with Crippen LogP contribution in [0.4, 0.5) is 0 Å². The second-order valence-corrected chi connectivity index (χ2v) is 3.38. The first-order valence-electron chi connectivity index (χ1n) is 5.00. The molecule has 0 unspecified atom stereocenters. The van der Waals surface area contributed by atoms with Crippen molar-refractivity contribution in [1.29, 1.82) is 0 Å². The molecular weight excluding hydrogens is 210 g/mol. The van der Waals surface area contributed by atoms with Crippen molar-refractivity contribution in [3.05, 3.63) is 23.8 Å². The normalized spacial score (nSPS) is 13.3. The minimum Gasteiger partial charge on any atom is -0.486 e. The number of benzene rings is 1. The molecule has 0 aromatic heterocycles. The van der Waals surface area contributed by atoms with E-state index in [0.717, 1.165) is 11.3 Å². The molecule has 1 heterocycles. The smallest absolute Gasteiger partial charge is 0.247 e. The van der Waals surface area contributed by atoms with E-state index in [2.05, 4.69) is 10.3 Å². The lowest BCUT2D eigenvalue weighted by Crippen LogP contribution is -2.23. The maximum absolute atomic E-state index is 11.3. The number of amides is 1. The highest BCUT2D eigenvalue weighted by Crippen LogP contribution is 2.30. The number of hydrogen-bond acceptors (Lipinski definition) is 4. The summed E-state index contributed by atoms with van der Waals surface area (Å²) in [5, 5.41) is 0. The molecule has 1 aliphatic heterocycles. The number of nitrogens with one attached hydrogen (secondary N) is 1. The maximum atomic E-state index is 11.3. The summed E-state index contributed by atoms with van der Waals surface area (Å²) in [4.78, 5) is 15.8. The van der Waals surface area contributed by atoms with Gasteiger partial charge in [0.1, 0.15) is 13.2 Å². The average Bonchev–Trinajstić information content (AvgIpc) is 2.29. The molecule has 1 aliphatic rings. The van der Waals surface area contributed by atoms with Crippen molar-refractivity contribution in [2.45, 2.75) is 6.42 Å². The third kappa shape index (κ3) is 2.43. The van der Waals surface area contributed by atoms with Gasteiger partial charge in [-0.2, -0.15) is 0 Å². The Balaban J connectivity index is 2.08. The average molecular weight is 223 g/mol. The number of rotatable bonds is 3. The molecule has 5 nitrogen and oxygen atoms in total. The van der Waals surface area contributed by atoms with Gasteiger partial charge in [0.15, 0.2) is 11.5 Å². The van der Waals surface area contributed by atoms with E-state index >= 15 is 0 Å². The van der Waals surface area contributed by atoms with Crippen molar-refractivity contribution in [2.75, 3.05) is 20.3 Å². The molecule has 0 bridgehead atoms. The van der Waals surface area contributed by atoms with E-state index in [-0.39, 0.29) is 12.3 Å². The van der Waals surface area contributed by atoms with Gasteiger partial charge in [-0.15, -0.1) is 0 Å². The van der Waals surface area contributed by atoms with Crippen molar-refractivity contribution < 1.29 is 19.1 Å². The van der Waals surface area contributed by atoms with E-state index in [4.69, 9.17) is 9.47 Å². The van der Waals surface area contributed by atoms with Gasteiger partial charge in [-0.05, 0) is 17.7 Å². The van der Waals surface area contributed by atoms with E-state index in [1.807, 2.05) is 18.2 Å². The molecule has 1 aromatic carbocycles. The summed E-state index contributed by atoms with van der Waals surface area (Å²) < 4.78 is 10.8. The van der Waals surface area contributed by atoms with Crippen LogP contribution in [0.2, 0.25) is 0 Å². The van der Waals surface area contributed by atoms with Crippen LogP contribution in [-0.4, -0.2) is 26.2 Å². The molecule has 1 N–H and O–H groups in total. The van der Waals surface area contributed by atoms with Crippen LogP contribution in [0.25, 0.3) is 0 Å². The highest BCUT2D eigenvalue weighted by Gasteiger charge is 2.12. The van der Waals surface area contributed by atoms with Crippen LogP contribution in [0, 0.1) is 0 Å². The Labute approximate surface area is 93.3 Å². The molecule has 1 aromatic rings. The molecule has 5 heteroatoms. The van der Waals surface area contributed by atoms with Crippen molar-refractivity contribution >= 4 is 5.91 Å². The lowest BCUT2D eigenvalue weighted by Gasteiger charge is -2.18. The zero-order valence-electron chi connectivity index (χ0n) is 8.99. The molecule has 0 saturated carbocycles. The fraction of sp³-hybridized carbons (Fsp3) is 0.364. The van der Waals surface area contributed by atoms with E-state index in [0.29, 0.717) is 19.0 Å². The first kappa shape index (κ1) is 10.8. The summed E-state index contributed by atoms with van der Waals surface area (Å²) in [7, 11) is 1.40. The maximum Gasteiger partial charge on any atom is 0.247 e. The van der Waals surface area contributed by atoms with Gasteiger partial charge in [-0.3, -0.25) is 9.63 Å². The van der Waals surface area contributed by atoms with Gasteiger partial charge >= 0.3 is 0 Å². The monoisotopic (exact) mass is 223 g/mol. The highest BCUT2D eigenvalue weighted by molar-refractivity contribution is 5.77. The third-order valence-corrected chi connectivity index (χ3v) is 2.19. The number of fused-ring (bicyclic) bond motifs is 1. The first-order chi connectivity index (χ1) is 7.79. The highest BCUT2D eigenvalue weighted by atomic mass is 16.6. The van der Waals surface area contributed by atoms with E-state index in [1.54, 1.807) is 0 Å². The zero-order valence-corrected chi connectivity index (χ0v) is 8.99. The largest absolute Gasteiger partial charge is 0.486 e. The second-order valence-electron chi connectivity index (χ2n) is 3.38. The number of ether oxygens (including phenoxy) is 2. The summed E-state index contributed by atoms with van der Waals surface area (Å²) in [6.45, 7) is 1.11. The molecule has 16 heavy (non-hydrogen) atoms. The van der Waals surface area contributed by atoms with Gasteiger partial charge in [0.05, 0.1) is 13.5 Å². The summed E-state index contributed by atoms with van der Waals surface area (Å²) in [5.74, 6) is 1.22. The van der Waals surface area contributed by atoms with Gasteiger partial charge in [0, 0.05) is 0 Å². The van der Waals surface area contributed by atoms with Gasteiger partial charge in [0.2, 0.25) is 5.91 Å². The Hall–Kier alpha value is -1.75. The van der Waals surface area contributed by atoms with Crippen LogP contribution in [0.15, 0.2) is 18.2 Å². The van der Waals surface area contributed by atoms with Crippen LogP contribution in [0.1, 0.15) is 5.56 Å². The standard InChI is InChI=1S/C11H13NO4/c1-14-12-11(13)7-8-2-3-9-10(6-8)16-5-4-15-9/h2-3,6H,4-5,7H2,1H3,(H,12,13). The summed E-state index contributed by atoms with van der Waals surface area (Å²) in [6.07, 6.45) is 0.254. The van der Waals surface area contributed by atoms with Crippen LogP contribution < -0.4 is 15.0 Å². The molecule has 86 valence electrons.